The van der Waals surface area contributed by atoms with Gasteiger partial charge in [-0.15, -0.1) is 0 Å². The standard InChI is InChI=1S/C12H15N5O2/c1-2-17-6-4-10(14-17)12(18)16-5-3-9(7-16)11-13-8-19-15-11/h4,6,8-9H,2-3,5,7H2,1H3/t9-/m0/s1. The van der Waals surface area contributed by atoms with E-state index in [1.807, 2.05) is 13.1 Å². The molecule has 0 N–H and O–H groups in total. The van der Waals surface area contributed by atoms with Crippen LogP contribution >= 0.6 is 0 Å². The molecule has 0 radical (unpaired) electrons. The fraction of sp³-hybridized carbons (Fsp3) is 0.500. The molecule has 0 bridgehead atoms. The number of amides is 1. The number of hydrogen-bond acceptors (Lipinski definition) is 5. The van der Waals surface area contributed by atoms with Gasteiger partial charge in [-0.05, 0) is 19.4 Å². The van der Waals surface area contributed by atoms with Crippen LogP contribution in [0.15, 0.2) is 23.2 Å². The van der Waals surface area contributed by atoms with Crippen LogP contribution in [0.2, 0.25) is 0 Å². The summed E-state index contributed by atoms with van der Waals surface area (Å²) < 4.78 is 6.49. The number of aryl methyl sites for hydroxylation is 1. The van der Waals surface area contributed by atoms with Crippen LogP contribution in [0, 0.1) is 0 Å². The normalized spacial score (nSPS) is 19.0. The van der Waals surface area contributed by atoms with E-state index in [2.05, 4.69) is 15.2 Å². The summed E-state index contributed by atoms with van der Waals surface area (Å²) in [5, 5.41) is 8.08. The van der Waals surface area contributed by atoms with Crippen molar-refractivity contribution in [2.45, 2.75) is 25.8 Å². The van der Waals surface area contributed by atoms with Gasteiger partial charge in [-0.25, -0.2) is 0 Å². The Morgan fingerprint density at radius 1 is 1.58 bits per heavy atom. The second-order valence-electron chi connectivity index (χ2n) is 4.58. The summed E-state index contributed by atoms with van der Waals surface area (Å²) in [4.78, 5) is 18.1. The van der Waals surface area contributed by atoms with Gasteiger partial charge in [-0.2, -0.15) is 10.1 Å². The minimum Gasteiger partial charge on any atom is -0.343 e. The third kappa shape index (κ3) is 2.23. The zero-order valence-corrected chi connectivity index (χ0v) is 10.7. The molecule has 0 saturated carbocycles. The average molecular weight is 261 g/mol. The van der Waals surface area contributed by atoms with Gasteiger partial charge in [0.2, 0.25) is 6.39 Å². The Morgan fingerprint density at radius 3 is 3.16 bits per heavy atom. The lowest BCUT2D eigenvalue weighted by atomic mass is 10.1. The second kappa shape index (κ2) is 4.83. The van der Waals surface area contributed by atoms with Crippen LogP contribution in [0.4, 0.5) is 0 Å². The van der Waals surface area contributed by atoms with Gasteiger partial charge in [0.25, 0.3) is 5.91 Å². The maximum Gasteiger partial charge on any atom is 0.274 e. The quantitative estimate of drug-likeness (QED) is 0.821. The third-order valence-electron chi connectivity index (χ3n) is 3.40. The van der Waals surface area contributed by atoms with Crippen molar-refractivity contribution >= 4 is 5.91 Å². The molecule has 2 aromatic heterocycles. The molecule has 1 saturated heterocycles. The van der Waals surface area contributed by atoms with Crippen molar-refractivity contribution in [1.82, 2.24) is 24.8 Å². The van der Waals surface area contributed by atoms with Crippen LogP contribution in [0.3, 0.4) is 0 Å². The van der Waals surface area contributed by atoms with Gasteiger partial charge >= 0.3 is 0 Å². The zero-order valence-electron chi connectivity index (χ0n) is 10.7. The molecule has 100 valence electrons. The molecule has 0 aliphatic carbocycles. The Balaban J connectivity index is 1.69. The smallest absolute Gasteiger partial charge is 0.274 e. The summed E-state index contributed by atoms with van der Waals surface area (Å²) in [6.45, 7) is 4.08. The highest BCUT2D eigenvalue weighted by molar-refractivity contribution is 5.92. The Labute approximate surface area is 110 Å². The number of likely N-dealkylation sites (tertiary alicyclic amines) is 1. The van der Waals surface area contributed by atoms with Gasteiger partial charge in [0.1, 0.15) is 5.69 Å². The first kappa shape index (κ1) is 11.9. The summed E-state index contributed by atoms with van der Waals surface area (Å²) in [5.41, 5.74) is 0.496. The lowest BCUT2D eigenvalue weighted by molar-refractivity contribution is 0.0783. The molecule has 0 spiro atoms. The fourth-order valence-corrected chi connectivity index (χ4v) is 2.33. The molecule has 0 unspecified atom stereocenters. The van der Waals surface area contributed by atoms with Crippen molar-refractivity contribution in [3.05, 3.63) is 30.2 Å². The molecule has 2 aromatic rings. The molecule has 3 heterocycles. The molecule has 7 nitrogen and oxygen atoms in total. The van der Waals surface area contributed by atoms with E-state index in [-0.39, 0.29) is 11.8 Å². The van der Waals surface area contributed by atoms with Gasteiger partial charge in [0.15, 0.2) is 5.82 Å². The van der Waals surface area contributed by atoms with Gasteiger partial charge in [-0.3, -0.25) is 9.48 Å². The average Bonchev–Trinajstić information content (AvgIpc) is 3.16. The SMILES string of the molecule is CCn1ccc(C(=O)N2CC[C@H](c3ncon3)C2)n1. The topological polar surface area (TPSA) is 77.0 Å². The van der Waals surface area contributed by atoms with Crippen LogP contribution < -0.4 is 0 Å². The molecule has 7 heteroatoms. The highest BCUT2D eigenvalue weighted by Gasteiger charge is 2.31. The van der Waals surface area contributed by atoms with Crippen LogP contribution in [-0.2, 0) is 6.54 Å². The minimum absolute atomic E-state index is 0.0294. The van der Waals surface area contributed by atoms with Crippen molar-refractivity contribution in [2.24, 2.45) is 0 Å². The van der Waals surface area contributed by atoms with Gasteiger partial charge < -0.3 is 9.42 Å². The highest BCUT2D eigenvalue weighted by atomic mass is 16.5. The largest absolute Gasteiger partial charge is 0.343 e. The van der Waals surface area contributed by atoms with Crippen LogP contribution in [0.1, 0.15) is 35.6 Å². The predicted octanol–water partition coefficient (Wildman–Crippen LogP) is 0.916. The summed E-state index contributed by atoms with van der Waals surface area (Å²) in [7, 11) is 0. The number of carbonyl (C=O) groups excluding carboxylic acids is 1. The van der Waals surface area contributed by atoms with Gasteiger partial charge in [-0.1, -0.05) is 5.16 Å². The van der Waals surface area contributed by atoms with Crippen LogP contribution in [-0.4, -0.2) is 43.8 Å². The molecular formula is C12H15N5O2. The lowest BCUT2D eigenvalue weighted by Gasteiger charge is -2.14. The first-order valence-electron chi connectivity index (χ1n) is 6.37. The van der Waals surface area contributed by atoms with Crippen LogP contribution in [0.5, 0.6) is 0 Å². The van der Waals surface area contributed by atoms with E-state index in [0.717, 1.165) is 13.0 Å². The molecule has 1 fully saturated rings. The Bertz CT molecular complexity index is 562. The molecule has 1 atom stereocenters. The summed E-state index contributed by atoms with van der Waals surface area (Å²) in [5.74, 6) is 0.809. The predicted molar refractivity (Wildman–Crippen MR) is 65.5 cm³/mol. The Hall–Kier alpha value is -2.18. The van der Waals surface area contributed by atoms with Crippen molar-refractivity contribution in [3.8, 4) is 0 Å². The van der Waals surface area contributed by atoms with Gasteiger partial charge in [0.05, 0.1) is 0 Å². The molecule has 1 aliphatic heterocycles. The Morgan fingerprint density at radius 2 is 2.47 bits per heavy atom. The lowest BCUT2D eigenvalue weighted by Crippen LogP contribution is -2.29. The van der Waals surface area contributed by atoms with Crippen molar-refractivity contribution in [1.29, 1.82) is 0 Å². The molecule has 1 aliphatic rings. The van der Waals surface area contributed by atoms with Crippen molar-refractivity contribution in [2.75, 3.05) is 13.1 Å². The monoisotopic (exact) mass is 261 g/mol. The number of carbonyl (C=O) groups is 1. The van der Waals surface area contributed by atoms with E-state index in [0.29, 0.717) is 24.6 Å². The van der Waals surface area contributed by atoms with Gasteiger partial charge in [0, 0.05) is 31.7 Å². The van der Waals surface area contributed by atoms with E-state index >= 15 is 0 Å². The Kier molecular flexibility index (Phi) is 3.02. The van der Waals surface area contributed by atoms with E-state index in [4.69, 9.17) is 4.52 Å². The van der Waals surface area contributed by atoms with E-state index in [1.54, 1.807) is 15.6 Å². The second-order valence-corrected chi connectivity index (χ2v) is 4.58. The first-order valence-corrected chi connectivity index (χ1v) is 6.37. The van der Waals surface area contributed by atoms with E-state index < -0.39 is 0 Å². The van der Waals surface area contributed by atoms with Crippen molar-refractivity contribution < 1.29 is 9.32 Å². The maximum absolute atomic E-state index is 12.3. The van der Waals surface area contributed by atoms with Crippen LogP contribution in [0.25, 0.3) is 0 Å². The summed E-state index contributed by atoms with van der Waals surface area (Å²) in [6.07, 6.45) is 4.00. The zero-order chi connectivity index (χ0) is 13.2. The van der Waals surface area contributed by atoms with E-state index in [9.17, 15) is 4.79 Å². The minimum atomic E-state index is -0.0294. The summed E-state index contributed by atoms with van der Waals surface area (Å²) >= 11 is 0. The molecule has 3 rings (SSSR count). The number of hydrogen-bond donors (Lipinski definition) is 0. The maximum atomic E-state index is 12.3. The summed E-state index contributed by atoms with van der Waals surface area (Å²) in [6, 6.07) is 1.76. The molecule has 0 aromatic carbocycles. The van der Waals surface area contributed by atoms with E-state index in [1.165, 1.54) is 6.39 Å². The highest BCUT2D eigenvalue weighted by Crippen LogP contribution is 2.25. The molecule has 19 heavy (non-hydrogen) atoms. The number of aromatic nitrogens is 4. The first-order chi connectivity index (χ1) is 9.28. The fourth-order valence-electron chi connectivity index (χ4n) is 2.33. The molecule has 1 amide bonds. The molecular weight excluding hydrogens is 246 g/mol. The number of rotatable bonds is 3. The third-order valence-corrected chi connectivity index (χ3v) is 3.40. The number of nitrogens with zero attached hydrogens (tertiary/aromatic N) is 5. The van der Waals surface area contributed by atoms with Crippen molar-refractivity contribution in [3.63, 3.8) is 0 Å².